The second-order valence-electron chi connectivity index (χ2n) is 6.74. The van der Waals surface area contributed by atoms with Gasteiger partial charge in [-0.25, -0.2) is 4.99 Å². The van der Waals surface area contributed by atoms with Crippen LogP contribution in [0.25, 0.3) is 6.08 Å². The zero-order chi connectivity index (χ0) is 20.4. The van der Waals surface area contributed by atoms with E-state index < -0.39 is 0 Å². The molecule has 29 heavy (non-hydrogen) atoms. The van der Waals surface area contributed by atoms with Crippen molar-refractivity contribution < 1.29 is 9.47 Å². The molecule has 0 unspecified atom stereocenters. The maximum atomic E-state index is 13.0. The molecule has 2 aromatic carbocycles. The number of hydrogen-bond donors (Lipinski definition) is 0. The fourth-order valence-electron chi connectivity index (χ4n) is 3.31. The van der Waals surface area contributed by atoms with Crippen molar-refractivity contribution >= 4 is 23.1 Å². The van der Waals surface area contributed by atoms with Crippen LogP contribution in [-0.4, -0.2) is 25.5 Å². The Bertz CT molecular complexity index is 1200. The van der Waals surface area contributed by atoms with Crippen LogP contribution in [0.1, 0.15) is 18.1 Å². The van der Waals surface area contributed by atoms with Gasteiger partial charge in [-0.3, -0.25) is 9.36 Å². The van der Waals surface area contributed by atoms with Crippen molar-refractivity contribution in [2.75, 3.05) is 25.8 Å². The second-order valence-corrected chi connectivity index (χ2v) is 7.75. The van der Waals surface area contributed by atoms with E-state index in [1.165, 1.54) is 16.9 Å². The maximum Gasteiger partial charge on any atom is 0.271 e. The lowest BCUT2D eigenvalue weighted by molar-refractivity contribution is 0.355. The molecular weight excluding hydrogens is 386 g/mol. The monoisotopic (exact) mass is 409 g/mol. The van der Waals surface area contributed by atoms with E-state index in [9.17, 15) is 4.79 Å². The van der Waals surface area contributed by atoms with Crippen LogP contribution in [0.2, 0.25) is 0 Å². The summed E-state index contributed by atoms with van der Waals surface area (Å²) >= 11 is 1.41. The van der Waals surface area contributed by atoms with Gasteiger partial charge >= 0.3 is 0 Å². The molecule has 3 aromatic rings. The minimum atomic E-state index is -0.0292. The molecule has 2 heterocycles. The van der Waals surface area contributed by atoms with Crippen molar-refractivity contribution in [3.63, 3.8) is 0 Å². The number of ether oxygens (including phenoxy) is 2. The summed E-state index contributed by atoms with van der Waals surface area (Å²) in [5.41, 5.74) is 3.22. The topological polar surface area (TPSA) is 56.1 Å². The number of aromatic nitrogens is 1. The van der Waals surface area contributed by atoms with E-state index in [-0.39, 0.29) is 5.56 Å². The Hall–Kier alpha value is -3.06. The first-order valence-corrected chi connectivity index (χ1v) is 10.3. The van der Waals surface area contributed by atoms with Crippen LogP contribution < -0.4 is 29.3 Å². The number of benzene rings is 2. The first kappa shape index (κ1) is 19.3. The molecule has 0 radical (unpaired) electrons. The summed E-state index contributed by atoms with van der Waals surface area (Å²) in [5.74, 6) is 1.29. The van der Waals surface area contributed by atoms with Crippen LogP contribution >= 0.6 is 11.3 Å². The van der Waals surface area contributed by atoms with Crippen molar-refractivity contribution in [2.24, 2.45) is 4.99 Å². The van der Waals surface area contributed by atoms with Gasteiger partial charge in [-0.1, -0.05) is 36.5 Å². The molecule has 1 aromatic heterocycles. The highest BCUT2D eigenvalue weighted by atomic mass is 32.1. The Morgan fingerprint density at radius 3 is 2.55 bits per heavy atom. The predicted molar refractivity (Wildman–Crippen MR) is 116 cm³/mol. The molecule has 0 spiro atoms. The van der Waals surface area contributed by atoms with Gasteiger partial charge in [0.2, 0.25) is 0 Å². The lowest BCUT2D eigenvalue weighted by Gasteiger charge is -2.25. The van der Waals surface area contributed by atoms with Gasteiger partial charge in [-0.2, -0.15) is 0 Å². The average molecular weight is 410 g/mol. The number of anilines is 1. The smallest absolute Gasteiger partial charge is 0.271 e. The van der Waals surface area contributed by atoms with Crippen molar-refractivity contribution in [3.05, 3.63) is 73.3 Å². The fraction of sp³-hybridized carbons (Fsp3) is 0.273. The minimum absolute atomic E-state index is 0.0292. The van der Waals surface area contributed by atoms with E-state index in [1.807, 2.05) is 24.3 Å². The van der Waals surface area contributed by atoms with E-state index >= 15 is 0 Å². The summed E-state index contributed by atoms with van der Waals surface area (Å²) in [6, 6.07) is 14.0. The van der Waals surface area contributed by atoms with E-state index in [2.05, 4.69) is 41.1 Å². The normalized spacial score (nSPS) is 13.8. The summed E-state index contributed by atoms with van der Waals surface area (Å²) in [6.07, 6.45) is 2.88. The highest BCUT2D eigenvalue weighted by Gasteiger charge is 2.16. The Morgan fingerprint density at radius 1 is 1.10 bits per heavy atom. The molecular formula is C22H23N3O3S. The van der Waals surface area contributed by atoms with Gasteiger partial charge in [-0.15, -0.1) is 0 Å². The molecule has 1 aliphatic heterocycles. The van der Waals surface area contributed by atoms with Gasteiger partial charge in [0.25, 0.3) is 5.56 Å². The minimum Gasteiger partial charge on any atom is -0.493 e. The Morgan fingerprint density at radius 2 is 1.86 bits per heavy atom. The van der Waals surface area contributed by atoms with Gasteiger partial charge in [0, 0.05) is 5.69 Å². The Balaban J connectivity index is 1.66. The lowest BCUT2D eigenvalue weighted by atomic mass is 10.1. The molecule has 0 saturated heterocycles. The zero-order valence-corrected chi connectivity index (χ0v) is 17.5. The molecule has 150 valence electrons. The molecule has 0 fully saturated rings. The SMILES string of the molecule is CCc1ccc(N2CN=c3sc(=Cc4ccc(OC)c(OC)c4)c(=O)n3C2)cc1. The molecule has 0 amide bonds. The van der Waals surface area contributed by atoms with E-state index in [1.54, 1.807) is 18.8 Å². The molecule has 0 atom stereocenters. The van der Waals surface area contributed by atoms with Crippen molar-refractivity contribution in [3.8, 4) is 11.5 Å². The van der Waals surface area contributed by atoms with Crippen LogP contribution in [0.5, 0.6) is 11.5 Å². The van der Waals surface area contributed by atoms with Crippen LogP contribution in [-0.2, 0) is 13.1 Å². The highest BCUT2D eigenvalue weighted by molar-refractivity contribution is 7.07. The van der Waals surface area contributed by atoms with Crippen LogP contribution in [0.15, 0.2) is 52.3 Å². The van der Waals surface area contributed by atoms with Crippen molar-refractivity contribution in [1.29, 1.82) is 0 Å². The highest BCUT2D eigenvalue weighted by Crippen LogP contribution is 2.27. The summed E-state index contributed by atoms with van der Waals surface area (Å²) in [4.78, 5) is 20.4. The Labute approximate surface area is 173 Å². The lowest BCUT2D eigenvalue weighted by Crippen LogP contribution is -2.42. The number of thiazole rings is 1. The molecule has 0 N–H and O–H groups in total. The molecule has 4 rings (SSSR count). The summed E-state index contributed by atoms with van der Waals surface area (Å²) in [7, 11) is 3.20. The third-order valence-corrected chi connectivity index (χ3v) is 6.04. The molecule has 7 heteroatoms. The van der Waals surface area contributed by atoms with Gasteiger partial charge in [0.05, 0.1) is 18.8 Å². The number of fused-ring (bicyclic) bond motifs is 1. The number of rotatable bonds is 5. The average Bonchev–Trinajstić information content (AvgIpc) is 3.08. The number of methoxy groups -OCH3 is 2. The van der Waals surface area contributed by atoms with Crippen LogP contribution in [0, 0.1) is 0 Å². The van der Waals surface area contributed by atoms with E-state index in [0.29, 0.717) is 29.4 Å². The summed E-state index contributed by atoms with van der Waals surface area (Å²) in [6.45, 7) is 3.18. The quantitative estimate of drug-likeness (QED) is 0.649. The van der Waals surface area contributed by atoms with E-state index in [4.69, 9.17) is 9.47 Å². The molecule has 0 bridgehead atoms. The number of nitrogens with zero attached hydrogens (tertiary/aromatic N) is 3. The molecule has 0 saturated carbocycles. The predicted octanol–water partition coefficient (Wildman–Crippen LogP) is 2.37. The molecule has 6 nitrogen and oxygen atoms in total. The fourth-order valence-corrected chi connectivity index (χ4v) is 4.27. The summed E-state index contributed by atoms with van der Waals surface area (Å²) < 4.78 is 13.0. The first-order chi connectivity index (χ1) is 14.1. The third-order valence-electron chi connectivity index (χ3n) is 4.99. The second kappa shape index (κ2) is 8.13. The van der Waals surface area contributed by atoms with Gasteiger partial charge in [-0.05, 0) is 47.9 Å². The molecule has 0 aliphatic carbocycles. The van der Waals surface area contributed by atoms with Crippen LogP contribution in [0.3, 0.4) is 0 Å². The maximum absolute atomic E-state index is 13.0. The standard InChI is InChI=1S/C22H23N3O3S/c1-4-15-5-8-17(9-6-15)24-13-23-22-25(14-24)21(26)20(29-22)12-16-7-10-18(27-2)19(11-16)28-3/h5-12H,4,13-14H2,1-3H3. The Kier molecular flexibility index (Phi) is 5.40. The van der Waals surface area contributed by atoms with Crippen LogP contribution in [0.4, 0.5) is 5.69 Å². The van der Waals surface area contributed by atoms with Gasteiger partial charge in [0.15, 0.2) is 16.3 Å². The van der Waals surface area contributed by atoms with Crippen molar-refractivity contribution in [2.45, 2.75) is 20.0 Å². The largest absolute Gasteiger partial charge is 0.493 e. The van der Waals surface area contributed by atoms with Crippen molar-refractivity contribution in [1.82, 2.24) is 4.57 Å². The van der Waals surface area contributed by atoms with Gasteiger partial charge < -0.3 is 14.4 Å². The number of hydrogen-bond acceptors (Lipinski definition) is 6. The van der Waals surface area contributed by atoms with Gasteiger partial charge in [0.1, 0.15) is 13.3 Å². The number of aryl methyl sites for hydroxylation is 1. The third kappa shape index (κ3) is 3.78. The molecule has 1 aliphatic rings. The first-order valence-electron chi connectivity index (χ1n) is 9.44. The zero-order valence-electron chi connectivity index (χ0n) is 16.7. The summed E-state index contributed by atoms with van der Waals surface area (Å²) in [5, 5.41) is 0. The van der Waals surface area contributed by atoms with E-state index in [0.717, 1.165) is 22.5 Å².